The molecule has 3 aromatic rings. The first kappa shape index (κ1) is 23.7. The molecule has 1 aromatic heterocycles. The minimum Gasteiger partial charge on any atom is -0.380 e. The molecule has 9 heteroatoms. The van der Waals surface area contributed by atoms with Gasteiger partial charge in [-0.2, -0.15) is 5.10 Å². The summed E-state index contributed by atoms with van der Waals surface area (Å²) in [5.74, 6) is -1.28. The Morgan fingerprint density at radius 2 is 1.92 bits per heavy atom. The molecule has 1 saturated heterocycles. The normalized spacial score (nSPS) is 24.0. The molecule has 1 unspecified atom stereocenters. The molecule has 6 rings (SSSR count). The van der Waals surface area contributed by atoms with Gasteiger partial charge in [-0.15, -0.1) is 0 Å². The number of hydrogen-bond acceptors (Lipinski definition) is 4. The average Bonchev–Trinajstić information content (AvgIpc) is 3.34. The molecule has 3 heterocycles. The molecule has 5 nitrogen and oxygen atoms in total. The van der Waals surface area contributed by atoms with E-state index in [-0.39, 0.29) is 30.9 Å². The summed E-state index contributed by atoms with van der Waals surface area (Å²) in [6.07, 6.45) is 3.86. The van der Waals surface area contributed by atoms with Gasteiger partial charge in [0.05, 0.1) is 30.5 Å². The van der Waals surface area contributed by atoms with Crippen molar-refractivity contribution in [2.24, 2.45) is 0 Å². The lowest BCUT2D eigenvalue weighted by molar-refractivity contribution is 0.0952. The second-order valence-electron chi connectivity index (χ2n) is 10.7. The standard InChI is InChI=1S/C27H31F4N5/c1-16-9-20-19(3-4-24-21(20)12-32-34-24)26(36(16)15-27(31)5-6-27)25-22(29)10-17(11-23(25)30)33-18-13-35(14-18)8-2-7-28/h3-4,10-12,16,18,26,33H,2,5-9,13-15H2,1H3,(H,32,34)/t16-,26?/m1/s1. The molecule has 36 heavy (non-hydrogen) atoms. The van der Waals surface area contributed by atoms with Crippen molar-refractivity contribution < 1.29 is 17.6 Å². The lowest BCUT2D eigenvalue weighted by atomic mass is 9.83. The van der Waals surface area contributed by atoms with E-state index in [2.05, 4.69) is 20.4 Å². The van der Waals surface area contributed by atoms with E-state index in [1.165, 1.54) is 12.1 Å². The van der Waals surface area contributed by atoms with E-state index in [1.807, 2.05) is 24.0 Å². The number of likely N-dealkylation sites (tertiary alicyclic amines) is 1. The highest BCUT2D eigenvalue weighted by Gasteiger charge is 2.48. The number of halogens is 4. The van der Waals surface area contributed by atoms with E-state index in [0.717, 1.165) is 22.0 Å². The molecule has 0 radical (unpaired) electrons. The summed E-state index contributed by atoms with van der Waals surface area (Å²) < 4.78 is 58.9. The summed E-state index contributed by atoms with van der Waals surface area (Å²) in [7, 11) is 0. The Bertz CT molecular complexity index is 1240. The summed E-state index contributed by atoms with van der Waals surface area (Å²) in [5, 5.41) is 11.3. The zero-order valence-corrected chi connectivity index (χ0v) is 20.3. The van der Waals surface area contributed by atoms with E-state index >= 15 is 13.2 Å². The summed E-state index contributed by atoms with van der Waals surface area (Å²) in [5.41, 5.74) is 1.72. The van der Waals surface area contributed by atoms with Gasteiger partial charge in [0, 0.05) is 48.9 Å². The fourth-order valence-corrected chi connectivity index (χ4v) is 5.90. The topological polar surface area (TPSA) is 47.2 Å². The van der Waals surface area contributed by atoms with Crippen molar-refractivity contribution in [1.29, 1.82) is 0 Å². The van der Waals surface area contributed by atoms with Crippen molar-refractivity contribution in [3.8, 4) is 0 Å². The van der Waals surface area contributed by atoms with Crippen LogP contribution >= 0.6 is 0 Å². The maximum Gasteiger partial charge on any atom is 0.133 e. The minimum absolute atomic E-state index is 0.0429. The first-order valence-corrected chi connectivity index (χ1v) is 12.8. The number of H-pyrrole nitrogens is 1. The van der Waals surface area contributed by atoms with Gasteiger partial charge in [-0.25, -0.2) is 13.2 Å². The van der Waals surface area contributed by atoms with Crippen molar-refractivity contribution in [1.82, 2.24) is 20.0 Å². The first-order chi connectivity index (χ1) is 17.3. The molecule has 1 saturated carbocycles. The molecule has 3 aliphatic rings. The summed E-state index contributed by atoms with van der Waals surface area (Å²) >= 11 is 0. The van der Waals surface area contributed by atoms with Gasteiger partial charge in [0.15, 0.2) is 0 Å². The van der Waals surface area contributed by atoms with E-state index in [9.17, 15) is 4.39 Å². The van der Waals surface area contributed by atoms with Crippen LogP contribution in [0.5, 0.6) is 0 Å². The van der Waals surface area contributed by atoms with Crippen LogP contribution in [0.1, 0.15) is 48.9 Å². The van der Waals surface area contributed by atoms with Gasteiger partial charge in [-0.3, -0.25) is 19.3 Å². The molecule has 2 atom stereocenters. The third kappa shape index (κ3) is 4.26. The Kier molecular flexibility index (Phi) is 5.95. The SMILES string of the molecule is C[C@@H]1Cc2c(ccc3[nH]ncc23)C(c2c(F)cc(NC3CN(CCCF)C3)cc2F)N1CC1(F)CC1. The predicted molar refractivity (Wildman–Crippen MR) is 132 cm³/mol. The second kappa shape index (κ2) is 9.03. The zero-order valence-electron chi connectivity index (χ0n) is 20.3. The molecule has 0 bridgehead atoms. The fourth-order valence-electron chi connectivity index (χ4n) is 5.90. The molecule has 0 amide bonds. The third-order valence-electron chi connectivity index (χ3n) is 8.01. The van der Waals surface area contributed by atoms with Crippen LogP contribution in [-0.4, -0.2) is 70.6 Å². The largest absolute Gasteiger partial charge is 0.380 e. The number of alkyl halides is 2. The second-order valence-corrected chi connectivity index (χ2v) is 10.7. The fraction of sp³-hybridized carbons (Fsp3) is 0.519. The van der Waals surface area contributed by atoms with Gasteiger partial charge in [0.1, 0.15) is 17.3 Å². The van der Waals surface area contributed by atoms with Crippen molar-refractivity contribution >= 4 is 16.6 Å². The first-order valence-electron chi connectivity index (χ1n) is 12.8. The number of anilines is 1. The highest BCUT2D eigenvalue weighted by molar-refractivity contribution is 5.83. The van der Waals surface area contributed by atoms with Crippen LogP contribution in [-0.2, 0) is 6.42 Å². The molecule has 2 fully saturated rings. The van der Waals surface area contributed by atoms with Crippen LogP contribution < -0.4 is 5.32 Å². The highest BCUT2D eigenvalue weighted by atomic mass is 19.1. The van der Waals surface area contributed by atoms with Crippen LogP contribution in [0.15, 0.2) is 30.5 Å². The van der Waals surface area contributed by atoms with Gasteiger partial charge in [-0.05, 0) is 61.9 Å². The number of nitrogens with one attached hydrogen (secondary N) is 2. The molecule has 192 valence electrons. The number of rotatable bonds is 8. The predicted octanol–water partition coefficient (Wildman–Crippen LogP) is 5.13. The lowest BCUT2D eigenvalue weighted by Crippen LogP contribution is -2.54. The van der Waals surface area contributed by atoms with Gasteiger partial charge < -0.3 is 5.32 Å². The zero-order chi connectivity index (χ0) is 25.0. The highest BCUT2D eigenvalue weighted by Crippen LogP contribution is 2.47. The molecule has 2 aromatic carbocycles. The Balaban J connectivity index is 1.34. The summed E-state index contributed by atoms with van der Waals surface area (Å²) in [6.45, 7) is 3.92. The number of aromatic nitrogens is 2. The molecule has 2 aliphatic heterocycles. The van der Waals surface area contributed by atoms with E-state index in [0.29, 0.717) is 51.0 Å². The van der Waals surface area contributed by atoms with Crippen LogP contribution in [0.25, 0.3) is 10.9 Å². The molecular weight excluding hydrogens is 470 g/mol. The Morgan fingerprint density at radius 3 is 2.61 bits per heavy atom. The van der Waals surface area contributed by atoms with Gasteiger partial charge >= 0.3 is 0 Å². The van der Waals surface area contributed by atoms with Gasteiger partial charge in [0.25, 0.3) is 0 Å². The van der Waals surface area contributed by atoms with Crippen molar-refractivity contribution in [2.75, 3.05) is 38.2 Å². The average molecular weight is 502 g/mol. The van der Waals surface area contributed by atoms with E-state index < -0.39 is 23.3 Å². The van der Waals surface area contributed by atoms with Crippen molar-refractivity contribution in [3.05, 3.63) is 58.8 Å². The number of hydrogen-bond donors (Lipinski definition) is 2. The number of aromatic amines is 1. The van der Waals surface area contributed by atoms with Crippen LogP contribution in [0.4, 0.5) is 23.2 Å². The molecular formula is C27H31F4N5. The maximum atomic E-state index is 15.7. The quantitative estimate of drug-likeness (QED) is 0.420. The summed E-state index contributed by atoms with van der Waals surface area (Å²) in [6, 6.07) is 5.70. The monoisotopic (exact) mass is 501 g/mol. The van der Waals surface area contributed by atoms with E-state index in [4.69, 9.17) is 0 Å². The Morgan fingerprint density at radius 1 is 1.17 bits per heavy atom. The van der Waals surface area contributed by atoms with Crippen LogP contribution in [0, 0.1) is 11.6 Å². The van der Waals surface area contributed by atoms with Gasteiger partial charge in [-0.1, -0.05) is 6.07 Å². The number of benzene rings is 2. The van der Waals surface area contributed by atoms with Crippen molar-refractivity contribution in [2.45, 2.75) is 56.4 Å². The minimum atomic E-state index is -1.30. The maximum absolute atomic E-state index is 15.7. The lowest BCUT2D eigenvalue weighted by Gasteiger charge is -2.43. The molecule has 2 N–H and O–H groups in total. The Labute approximate surface area is 207 Å². The van der Waals surface area contributed by atoms with Crippen LogP contribution in [0.3, 0.4) is 0 Å². The van der Waals surface area contributed by atoms with Crippen molar-refractivity contribution in [3.63, 3.8) is 0 Å². The third-order valence-corrected chi connectivity index (χ3v) is 8.01. The number of fused-ring (bicyclic) bond motifs is 3. The molecule has 1 aliphatic carbocycles. The van der Waals surface area contributed by atoms with Gasteiger partial charge in [0.2, 0.25) is 0 Å². The number of nitrogens with zero attached hydrogens (tertiary/aromatic N) is 3. The van der Waals surface area contributed by atoms with E-state index in [1.54, 1.807) is 6.20 Å². The summed E-state index contributed by atoms with van der Waals surface area (Å²) in [4.78, 5) is 4.04. The molecule has 0 spiro atoms. The smallest absolute Gasteiger partial charge is 0.133 e. The Hall–Kier alpha value is -2.65. The van der Waals surface area contributed by atoms with Crippen LogP contribution in [0.2, 0.25) is 0 Å².